The van der Waals surface area contributed by atoms with E-state index in [1.54, 1.807) is 0 Å². The normalized spacial score (nSPS) is 18.0. The Balaban J connectivity index is 1.80. The Morgan fingerprint density at radius 3 is 2.85 bits per heavy atom. The van der Waals surface area contributed by atoms with Crippen LogP contribution in [0, 0.1) is 6.92 Å². The largest absolute Gasteiger partial charge is 0.309 e. The average Bonchev–Trinajstić information content (AvgIpc) is 2.85. The Labute approximate surface area is 125 Å². The third-order valence-electron chi connectivity index (χ3n) is 3.93. The van der Waals surface area contributed by atoms with Gasteiger partial charge >= 0.3 is 0 Å². The molecule has 1 aliphatic carbocycles. The molecule has 2 nitrogen and oxygen atoms in total. The van der Waals surface area contributed by atoms with Crippen molar-refractivity contribution in [2.45, 2.75) is 45.6 Å². The highest BCUT2D eigenvalue weighted by molar-refractivity contribution is 7.11. The van der Waals surface area contributed by atoms with E-state index in [0.717, 1.165) is 13.0 Å². The number of rotatable bonds is 4. The van der Waals surface area contributed by atoms with Gasteiger partial charge in [-0.05, 0) is 38.3 Å². The molecule has 1 unspecified atom stereocenters. The van der Waals surface area contributed by atoms with E-state index in [4.69, 9.17) is 4.98 Å². The molecular formula is C17H22N2S. The van der Waals surface area contributed by atoms with Crippen LogP contribution >= 0.6 is 11.3 Å². The van der Waals surface area contributed by atoms with Gasteiger partial charge in [0.1, 0.15) is 0 Å². The number of aromatic nitrogens is 1. The summed E-state index contributed by atoms with van der Waals surface area (Å²) in [5.41, 5.74) is 4.01. The average molecular weight is 286 g/mol. The van der Waals surface area contributed by atoms with Crippen molar-refractivity contribution in [3.63, 3.8) is 0 Å². The van der Waals surface area contributed by atoms with Crippen molar-refractivity contribution in [3.8, 4) is 0 Å². The molecule has 0 bridgehead atoms. The maximum Gasteiger partial charge on any atom is 0.0975 e. The smallest absolute Gasteiger partial charge is 0.0975 e. The summed E-state index contributed by atoms with van der Waals surface area (Å²) < 4.78 is 0. The molecule has 0 spiro atoms. The first-order chi connectivity index (χ1) is 9.76. The summed E-state index contributed by atoms with van der Waals surface area (Å²) in [6.45, 7) is 5.33. The van der Waals surface area contributed by atoms with Crippen molar-refractivity contribution in [1.82, 2.24) is 10.3 Å². The molecule has 1 aliphatic rings. The van der Waals surface area contributed by atoms with Gasteiger partial charge in [-0.15, -0.1) is 11.3 Å². The first kappa shape index (κ1) is 13.8. The molecule has 1 atom stereocenters. The lowest BCUT2D eigenvalue weighted by atomic mass is 9.97. The second-order valence-electron chi connectivity index (χ2n) is 5.58. The maximum absolute atomic E-state index is 4.92. The quantitative estimate of drug-likeness (QED) is 0.918. The lowest BCUT2D eigenvalue weighted by molar-refractivity contribution is 0.465. The van der Waals surface area contributed by atoms with Gasteiger partial charge in [0.25, 0.3) is 0 Å². The fourth-order valence-corrected chi connectivity index (χ4v) is 4.08. The van der Waals surface area contributed by atoms with E-state index in [1.165, 1.54) is 46.0 Å². The van der Waals surface area contributed by atoms with Crippen LogP contribution in [0.4, 0.5) is 0 Å². The summed E-state index contributed by atoms with van der Waals surface area (Å²) in [7, 11) is 0. The highest BCUT2D eigenvalue weighted by atomic mass is 32.1. The zero-order valence-electron chi connectivity index (χ0n) is 12.3. The Kier molecular flexibility index (Phi) is 4.18. The Morgan fingerprint density at radius 2 is 2.10 bits per heavy atom. The van der Waals surface area contributed by atoms with E-state index in [1.807, 2.05) is 11.3 Å². The predicted molar refractivity (Wildman–Crippen MR) is 85.5 cm³/mol. The summed E-state index contributed by atoms with van der Waals surface area (Å²) in [5, 5.41) is 4.84. The Hall–Kier alpha value is -1.19. The van der Waals surface area contributed by atoms with Gasteiger partial charge in [-0.25, -0.2) is 4.98 Å². The van der Waals surface area contributed by atoms with E-state index in [-0.39, 0.29) is 0 Å². The number of aryl methyl sites for hydroxylation is 2. The summed E-state index contributed by atoms with van der Waals surface area (Å²) in [5.74, 6) is 0. The topological polar surface area (TPSA) is 24.9 Å². The van der Waals surface area contributed by atoms with Gasteiger partial charge < -0.3 is 5.32 Å². The fourth-order valence-electron chi connectivity index (χ4n) is 2.87. The highest BCUT2D eigenvalue weighted by Crippen LogP contribution is 2.33. The summed E-state index contributed by atoms with van der Waals surface area (Å²) in [4.78, 5) is 6.43. The minimum Gasteiger partial charge on any atom is -0.309 e. The molecule has 0 saturated heterocycles. The molecule has 0 radical (unpaired) electrons. The van der Waals surface area contributed by atoms with Crippen LogP contribution in [-0.4, -0.2) is 11.5 Å². The Morgan fingerprint density at radius 1 is 1.30 bits per heavy atom. The molecule has 0 aliphatic heterocycles. The van der Waals surface area contributed by atoms with Crippen LogP contribution in [0.25, 0.3) is 0 Å². The third-order valence-corrected chi connectivity index (χ3v) is 5.06. The summed E-state index contributed by atoms with van der Waals surface area (Å²) in [6.07, 6.45) is 4.70. The van der Waals surface area contributed by atoms with Crippen molar-refractivity contribution < 1.29 is 0 Å². The van der Waals surface area contributed by atoms with Gasteiger partial charge in [0.15, 0.2) is 0 Å². The zero-order valence-corrected chi connectivity index (χ0v) is 13.1. The van der Waals surface area contributed by atoms with E-state index in [0.29, 0.717) is 6.04 Å². The van der Waals surface area contributed by atoms with E-state index in [2.05, 4.69) is 43.4 Å². The van der Waals surface area contributed by atoms with Gasteiger partial charge in [0.2, 0.25) is 0 Å². The molecule has 3 rings (SSSR count). The molecule has 106 valence electrons. The molecule has 2 aromatic rings. The predicted octanol–water partition coefficient (Wildman–Crippen LogP) is 4.03. The molecule has 0 amide bonds. The lowest BCUT2D eigenvalue weighted by Crippen LogP contribution is -2.24. The molecular weight excluding hydrogens is 264 g/mol. The standard InChI is InChI=1S/C17H22N2S/c1-3-18-14-5-4-6-15-17(14)19-16(20-15)11-13-9-7-12(2)8-10-13/h7-10,14,18H,3-6,11H2,1-2H3. The van der Waals surface area contributed by atoms with Crippen molar-refractivity contribution >= 4 is 11.3 Å². The van der Waals surface area contributed by atoms with Crippen molar-refractivity contribution in [2.75, 3.05) is 6.54 Å². The maximum atomic E-state index is 4.92. The second-order valence-corrected chi connectivity index (χ2v) is 6.75. The number of nitrogens with one attached hydrogen (secondary N) is 1. The van der Waals surface area contributed by atoms with Gasteiger partial charge in [0, 0.05) is 11.3 Å². The van der Waals surface area contributed by atoms with Gasteiger partial charge in [-0.1, -0.05) is 36.8 Å². The first-order valence-electron chi connectivity index (χ1n) is 7.53. The molecule has 1 N–H and O–H groups in total. The number of hydrogen-bond donors (Lipinski definition) is 1. The van der Waals surface area contributed by atoms with Gasteiger partial charge in [0.05, 0.1) is 16.7 Å². The van der Waals surface area contributed by atoms with Crippen LogP contribution < -0.4 is 5.32 Å². The van der Waals surface area contributed by atoms with Crippen LogP contribution in [-0.2, 0) is 12.8 Å². The second kappa shape index (κ2) is 6.06. The number of hydrogen-bond acceptors (Lipinski definition) is 3. The zero-order chi connectivity index (χ0) is 13.9. The summed E-state index contributed by atoms with van der Waals surface area (Å²) in [6, 6.07) is 9.29. The molecule has 0 fully saturated rings. The van der Waals surface area contributed by atoms with Crippen molar-refractivity contribution in [2.24, 2.45) is 0 Å². The van der Waals surface area contributed by atoms with E-state index < -0.39 is 0 Å². The summed E-state index contributed by atoms with van der Waals surface area (Å²) >= 11 is 1.91. The van der Waals surface area contributed by atoms with Crippen molar-refractivity contribution in [3.05, 3.63) is 51.0 Å². The van der Waals surface area contributed by atoms with Crippen LogP contribution in [0.2, 0.25) is 0 Å². The molecule has 20 heavy (non-hydrogen) atoms. The monoisotopic (exact) mass is 286 g/mol. The molecule has 0 saturated carbocycles. The van der Waals surface area contributed by atoms with Crippen molar-refractivity contribution in [1.29, 1.82) is 0 Å². The molecule has 3 heteroatoms. The third kappa shape index (κ3) is 2.94. The first-order valence-corrected chi connectivity index (χ1v) is 8.35. The van der Waals surface area contributed by atoms with E-state index >= 15 is 0 Å². The van der Waals surface area contributed by atoms with Gasteiger partial charge in [-0.2, -0.15) is 0 Å². The minimum absolute atomic E-state index is 0.478. The van der Waals surface area contributed by atoms with Crippen LogP contribution in [0.3, 0.4) is 0 Å². The van der Waals surface area contributed by atoms with Crippen LogP contribution in [0.15, 0.2) is 24.3 Å². The molecule has 1 heterocycles. The molecule has 1 aromatic carbocycles. The lowest BCUT2D eigenvalue weighted by Gasteiger charge is -2.21. The highest BCUT2D eigenvalue weighted by Gasteiger charge is 2.23. The fraction of sp³-hybridized carbons (Fsp3) is 0.471. The molecule has 1 aromatic heterocycles. The number of nitrogens with zero attached hydrogens (tertiary/aromatic N) is 1. The number of benzene rings is 1. The Bertz CT molecular complexity index is 571. The minimum atomic E-state index is 0.478. The number of fused-ring (bicyclic) bond motifs is 1. The SMILES string of the molecule is CCNC1CCCc2sc(Cc3ccc(C)cc3)nc21. The number of thiazole rings is 1. The van der Waals surface area contributed by atoms with Gasteiger partial charge in [-0.3, -0.25) is 0 Å². The van der Waals surface area contributed by atoms with Crippen LogP contribution in [0.5, 0.6) is 0 Å². The van der Waals surface area contributed by atoms with E-state index in [9.17, 15) is 0 Å². The van der Waals surface area contributed by atoms with Crippen LogP contribution in [0.1, 0.15) is 52.5 Å².